The summed E-state index contributed by atoms with van der Waals surface area (Å²) in [5.74, 6) is 0. The first-order chi connectivity index (χ1) is 6.74. The van der Waals surface area contributed by atoms with Crippen LogP contribution in [0.5, 0.6) is 0 Å². The van der Waals surface area contributed by atoms with E-state index in [1.54, 1.807) is 0 Å². The van der Waals surface area contributed by atoms with Crippen molar-refractivity contribution in [3.63, 3.8) is 0 Å². The SMILES string of the molecule is CCC(Cl)n1ncc2c(Br)cccc21. The molecule has 0 fully saturated rings. The fourth-order valence-electron chi connectivity index (χ4n) is 1.43. The fourth-order valence-corrected chi connectivity index (χ4v) is 2.05. The Kier molecular flexibility index (Phi) is 2.79. The van der Waals surface area contributed by atoms with Gasteiger partial charge >= 0.3 is 0 Å². The predicted molar refractivity (Wildman–Crippen MR) is 62.6 cm³/mol. The van der Waals surface area contributed by atoms with Crippen LogP contribution in [0.4, 0.5) is 0 Å². The van der Waals surface area contributed by atoms with Crippen molar-refractivity contribution in [3.8, 4) is 0 Å². The first kappa shape index (κ1) is 9.99. The maximum Gasteiger partial charge on any atom is 0.126 e. The van der Waals surface area contributed by atoms with Crippen LogP contribution in [0.2, 0.25) is 0 Å². The van der Waals surface area contributed by atoms with E-state index in [-0.39, 0.29) is 5.50 Å². The number of benzene rings is 1. The fraction of sp³-hybridized carbons (Fsp3) is 0.300. The molecule has 0 aliphatic carbocycles. The Labute approximate surface area is 96.0 Å². The molecule has 0 N–H and O–H groups in total. The average Bonchev–Trinajstić information content (AvgIpc) is 2.62. The van der Waals surface area contributed by atoms with Gasteiger partial charge in [-0.15, -0.1) is 0 Å². The third kappa shape index (κ3) is 1.55. The van der Waals surface area contributed by atoms with Crippen molar-refractivity contribution in [2.75, 3.05) is 0 Å². The molecule has 2 aromatic rings. The molecule has 1 aromatic heterocycles. The van der Waals surface area contributed by atoms with E-state index in [4.69, 9.17) is 11.6 Å². The highest BCUT2D eigenvalue weighted by Gasteiger charge is 2.10. The summed E-state index contributed by atoms with van der Waals surface area (Å²) in [6.45, 7) is 2.04. The number of fused-ring (bicyclic) bond motifs is 1. The minimum absolute atomic E-state index is 0.0678. The molecule has 0 spiro atoms. The van der Waals surface area contributed by atoms with E-state index in [0.29, 0.717) is 0 Å². The van der Waals surface area contributed by atoms with Crippen LogP contribution in [0.1, 0.15) is 18.8 Å². The molecule has 0 radical (unpaired) electrons. The molecule has 14 heavy (non-hydrogen) atoms. The molecule has 0 bridgehead atoms. The zero-order chi connectivity index (χ0) is 10.1. The van der Waals surface area contributed by atoms with Crippen molar-refractivity contribution in [2.45, 2.75) is 18.8 Å². The van der Waals surface area contributed by atoms with Crippen molar-refractivity contribution in [3.05, 3.63) is 28.9 Å². The van der Waals surface area contributed by atoms with Crippen LogP contribution < -0.4 is 0 Å². The van der Waals surface area contributed by atoms with Crippen molar-refractivity contribution in [2.24, 2.45) is 0 Å². The molecule has 1 aromatic carbocycles. The molecule has 0 aliphatic rings. The molecule has 1 atom stereocenters. The molecular weight excluding hydrogens is 263 g/mol. The van der Waals surface area contributed by atoms with Gasteiger partial charge in [0.15, 0.2) is 0 Å². The third-order valence-corrected chi connectivity index (χ3v) is 3.38. The number of alkyl halides is 1. The number of hydrogen-bond acceptors (Lipinski definition) is 1. The molecular formula is C10H10BrClN2. The van der Waals surface area contributed by atoms with Gasteiger partial charge < -0.3 is 0 Å². The van der Waals surface area contributed by atoms with Gasteiger partial charge in [0.2, 0.25) is 0 Å². The normalized spacial score (nSPS) is 13.4. The lowest BCUT2D eigenvalue weighted by Crippen LogP contribution is -2.02. The summed E-state index contributed by atoms with van der Waals surface area (Å²) in [7, 11) is 0. The highest BCUT2D eigenvalue weighted by atomic mass is 79.9. The van der Waals surface area contributed by atoms with E-state index in [1.807, 2.05) is 36.0 Å². The van der Waals surface area contributed by atoms with Crippen LogP contribution in [-0.4, -0.2) is 9.78 Å². The Balaban J connectivity index is 2.63. The minimum atomic E-state index is -0.0678. The number of halogens is 2. The number of hydrogen-bond donors (Lipinski definition) is 0. The van der Waals surface area contributed by atoms with Crippen LogP contribution in [-0.2, 0) is 0 Å². The maximum atomic E-state index is 6.15. The first-order valence-corrected chi connectivity index (χ1v) is 5.72. The van der Waals surface area contributed by atoms with E-state index in [0.717, 1.165) is 21.8 Å². The van der Waals surface area contributed by atoms with Gasteiger partial charge in [0.05, 0.1) is 11.7 Å². The second kappa shape index (κ2) is 3.91. The van der Waals surface area contributed by atoms with E-state index in [2.05, 4.69) is 21.0 Å². The number of rotatable bonds is 2. The third-order valence-electron chi connectivity index (χ3n) is 2.19. The molecule has 1 heterocycles. The summed E-state index contributed by atoms with van der Waals surface area (Å²) in [5.41, 5.74) is 1.00. The lowest BCUT2D eigenvalue weighted by Gasteiger charge is -2.08. The van der Waals surface area contributed by atoms with E-state index in [1.165, 1.54) is 0 Å². The minimum Gasteiger partial charge on any atom is -0.247 e. The van der Waals surface area contributed by atoms with Crippen LogP contribution in [0.25, 0.3) is 10.9 Å². The molecule has 2 rings (SSSR count). The molecule has 1 unspecified atom stereocenters. The summed E-state index contributed by atoms with van der Waals surface area (Å²) in [6.07, 6.45) is 2.70. The number of aromatic nitrogens is 2. The lowest BCUT2D eigenvalue weighted by atomic mass is 10.2. The van der Waals surface area contributed by atoms with Crippen LogP contribution in [0.3, 0.4) is 0 Å². The Hall–Kier alpha value is -0.540. The second-order valence-electron chi connectivity index (χ2n) is 3.10. The molecule has 0 saturated heterocycles. The Morgan fingerprint density at radius 1 is 1.57 bits per heavy atom. The molecule has 2 nitrogen and oxygen atoms in total. The smallest absolute Gasteiger partial charge is 0.126 e. The summed E-state index contributed by atoms with van der Waals surface area (Å²) in [6, 6.07) is 6.02. The Morgan fingerprint density at radius 3 is 3.07 bits per heavy atom. The van der Waals surface area contributed by atoms with Gasteiger partial charge in [-0.25, -0.2) is 4.68 Å². The largest absolute Gasteiger partial charge is 0.247 e. The van der Waals surface area contributed by atoms with Crippen molar-refractivity contribution >= 4 is 38.4 Å². The quantitative estimate of drug-likeness (QED) is 0.758. The van der Waals surface area contributed by atoms with Crippen LogP contribution >= 0.6 is 27.5 Å². The second-order valence-corrected chi connectivity index (χ2v) is 4.46. The highest BCUT2D eigenvalue weighted by Crippen LogP contribution is 2.27. The lowest BCUT2D eigenvalue weighted by molar-refractivity contribution is 0.594. The zero-order valence-corrected chi connectivity index (χ0v) is 10.1. The summed E-state index contributed by atoms with van der Waals surface area (Å²) < 4.78 is 2.91. The van der Waals surface area contributed by atoms with Crippen LogP contribution in [0.15, 0.2) is 28.9 Å². The average molecular weight is 274 g/mol. The summed E-state index contributed by atoms with van der Waals surface area (Å²) >= 11 is 9.63. The molecule has 0 saturated carbocycles. The van der Waals surface area contributed by atoms with E-state index < -0.39 is 0 Å². The van der Waals surface area contributed by atoms with Gasteiger partial charge in [-0.05, 0) is 18.6 Å². The summed E-state index contributed by atoms with van der Waals surface area (Å²) in [4.78, 5) is 0. The monoisotopic (exact) mass is 272 g/mol. The maximum absolute atomic E-state index is 6.15. The molecule has 4 heteroatoms. The van der Waals surface area contributed by atoms with Crippen molar-refractivity contribution in [1.29, 1.82) is 0 Å². The van der Waals surface area contributed by atoms with Gasteiger partial charge in [0, 0.05) is 9.86 Å². The van der Waals surface area contributed by atoms with E-state index >= 15 is 0 Å². The molecule has 0 amide bonds. The zero-order valence-electron chi connectivity index (χ0n) is 7.74. The van der Waals surface area contributed by atoms with Crippen molar-refractivity contribution < 1.29 is 0 Å². The van der Waals surface area contributed by atoms with Crippen LogP contribution in [0, 0.1) is 0 Å². The predicted octanol–water partition coefficient (Wildman–Crippen LogP) is 3.95. The Bertz CT molecular complexity index is 452. The summed E-state index contributed by atoms with van der Waals surface area (Å²) in [5, 5.41) is 5.38. The van der Waals surface area contributed by atoms with Gasteiger partial charge in [-0.1, -0.05) is 40.5 Å². The molecule has 74 valence electrons. The van der Waals surface area contributed by atoms with Crippen molar-refractivity contribution in [1.82, 2.24) is 9.78 Å². The molecule has 0 aliphatic heterocycles. The van der Waals surface area contributed by atoms with Gasteiger partial charge in [0.1, 0.15) is 5.50 Å². The van der Waals surface area contributed by atoms with Gasteiger partial charge in [-0.3, -0.25) is 0 Å². The van der Waals surface area contributed by atoms with Gasteiger partial charge in [-0.2, -0.15) is 5.10 Å². The Morgan fingerprint density at radius 2 is 2.36 bits per heavy atom. The van der Waals surface area contributed by atoms with E-state index in [9.17, 15) is 0 Å². The highest BCUT2D eigenvalue weighted by molar-refractivity contribution is 9.10. The number of nitrogens with zero attached hydrogens (tertiary/aromatic N) is 2. The first-order valence-electron chi connectivity index (χ1n) is 4.50. The van der Waals surface area contributed by atoms with Gasteiger partial charge in [0.25, 0.3) is 0 Å². The standard InChI is InChI=1S/C10H10BrClN2/c1-2-10(12)14-9-5-3-4-8(11)7(9)6-13-14/h3-6,10H,2H2,1H3. The topological polar surface area (TPSA) is 17.8 Å².